The average Bonchev–Trinajstić information content (AvgIpc) is 2.41. The van der Waals surface area contributed by atoms with Crippen molar-refractivity contribution in [1.29, 1.82) is 0 Å². The lowest BCUT2D eigenvalue weighted by Crippen LogP contribution is -2.25. The molecule has 0 N–H and O–H groups in total. The molecule has 1 rings (SSSR count). The van der Waals surface area contributed by atoms with Gasteiger partial charge in [-0.2, -0.15) is 0 Å². The van der Waals surface area contributed by atoms with Gasteiger partial charge < -0.3 is 18.9 Å². The zero-order valence-electron chi connectivity index (χ0n) is 8.03. The lowest BCUT2D eigenvalue weighted by Gasteiger charge is -2.16. The van der Waals surface area contributed by atoms with Gasteiger partial charge in [0.2, 0.25) is 0 Å². The van der Waals surface area contributed by atoms with E-state index in [1.54, 1.807) is 0 Å². The molecule has 0 aliphatic carbocycles. The molecule has 0 aromatic carbocycles. The molecule has 0 aromatic heterocycles. The summed E-state index contributed by atoms with van der Waals surface area (Å²) in [6, 6.07) is 0. The fourth-order valence-electron chi connectivity index (χ4n) is 1.07. The lowest BCUT2D eigenvalue weighted by molar-refractivity contribution is -0.143. The van der Waals surface area contributed by atoms with Crippen LogP contribution in [0.5, 0.6) is 0 Å². The van der Waals surface area contributed by atoms with Gasteiger partial charge in [-0.3, -0.25) is 0 Å². The van der Waals surface area contributed by atoms with Gasteiger partial charge >= 0.3 is 6.16 Å². The number of carbonyl (C=O) groups excluding carboxylic acids is 1. The summed E-state index contributed by atoms with van der Waals surface area (Å²) in [5, 5.41) is 0. The van der Waals surface area contributed by atoms with Crippen molar-refractivity contribution in [2.75, 3.05) is 20.3 Å². The molecule has 0 amide bonds. The van der Waals surface area contributed by atoms with Crippen LogP contribution in [0.25, 0.3) is 0 Å². The summed E-state index contributed by atoms with van der Waals surface area (Å²) in [6.45, 7) is 4.22. The fourth-order valence-corrected chi connectivity index (χ4v) is 1.07. The van der Waals surface area contributed by atoms with Gasteiger partial charge in [-0.1, -0.05) is 0 Å². The molecule has 0 saturated carbocycles. The van der Waals surface area contributed by atoms with Gasteiger partial charge in [-0.25, -0.2) is 4.79 Å². The summed E-state index contributed by atoms with van der Waals surface area (Å²) in [5.74, 6) is -0.579. The summed E-state index contributed by atoms with van der Waals surface area (Å²) in [6.07, 6.45) is -0.901. The van der Waals surface area contributed by atoms with E-state index in [1.807, 2.05) is 13.8 Å². The van der Waals surface area contributed by atoms with E-state index in [0.717, 1.165) is 0 Å². The van der Waals surface area contributed by atoms with Gasteiger partial charge in [-0.15, -0.1) is 0 Å². The third kappa shape index (κ3) is 3.20. The minimum Gasteiger partial charge on any atom is -0.438 e. The topological polar surface area (TPSA) is 54.0 Å². The van der Waals surface area contributed by atoms with Crippen molar-refractivity contribution in [3.8, 4) is 0 Å². The second kappa shape index (κ2) is 3.93. The van der Waals surface area contributed by atoms with Crippen LogP contribution in [0.2, 0.25) is 0 Å². The summed E-state index contributed by atoms with van der Waals surface area (Å²) in [7, 11) is 1.26. The molecule has 1 saturated heterocycles. The summed E-state index contributed by atoms with van der Waals surface area (Å²) in [4.78, 5) is 10.6. The highest BCUT2D eigenvalue weighted by molar-refractivity contribution is 5.59. The fraction of sp³-hybridized carbons (Fsp3) is 0.875. The van der Waals surface area contributed by atoms with Crippen LogP contribution >= 0.6 is 0 Å². The van der Waals surface area contributed by atoms with Gasteiger partial charge in [0.1, 0.15) is 12.7 Å². The summed E-state index contributed by atoms with van der Waals surface area (Å²) >= 11 is 0. The molecule has 1 heterocycles. The zero-order valence-corrected chi connectivity index (χ0v) is 8.03. The Hall–Kier alpha value is -0.810. The number of rotatable bonds is 2. The van der Waals surface area contributed by atoms with Gasteiger partial charge in [-0.05, 0) is 13.8 Å². The van der Waals surface area contributed by atoms with Crippen LogP contribution in [0.4, 0.5) is 4.79 Å². The Labute approximate surface area is 76.9 Å². The first-order valence-electron chi connectivity index (χ1n) is 4.06. The van der Waals surface area contributed by atoms with E-state index in [0.29, 0.717) is 6.61 Å². The van der Waals surface area contributed by atoms with E-state index < -0.39 is 11.9 Å². The SMILES string of the molecule is COC(=O)OC[C@@H]1COC(C)(C)O1. The quantitative estimate of drug-likeness (QED) is 0.606. The third-order valence-corrected chi connectivity index (χ3v) is 1.62. The molecular formula is C8H14O5. The van der Waals surface area contributed by atoms with E-state index in [1.165, 1.54) is 7.11 Å². The maximum atomic E-state index is 10.6. The molecule has 13 heavy (non-hydrogen) atoms. The standard InChI is InChI=1S/C8H14O5/c1-8(2)12-5-6(13-8)4-11-7(9)10-3/h6H,4-5H2,1-3H3/t6-/m1/s1. The Bertz CT molecular complexity index is 189. The molecule has 5 heteroatoms. The second-order valence-electron chi connectivity index (χ2n) is 3.22. The smallest absolute Gasteiger partial charge is 0.438 e. The number of methoxy groups -OCH3 is 1. The highest BCUT2D eigenvalue weighted by Crippen LogP contribution is 2.22. The first-order chi connectivity index (χ1) is 6.03. The van der Waals surface area contributed by atoms with E-state index in [2.05, 4.69) is 4.74 Å². The molecule has 76 valence electrons. The molecule has 5 nitrogen and oxygen atoms in total. The predicted octanol–water partition coefficient (Wildman–Crippen LogP) is 0.921. The van der Waals surface area contributed by atoms with Gasteiger partial charge in [0.15, 0.2) is 5.79 Å². The second-order valence-corrected chi connectivity index (χ2v) is 3.22. The highest BCUT2D eigenvalue weighted by atomic mass is 16.8. The van der Waals surface area contributed by atoms with Crippen molar-refractivity contribution in [3.63, 3.8) is 0 Å². The number of hydrogen-bond donors (Lipinski definition) is 0. The Morgan fingerprint density at radius 2 is 2.31 bits per heavy atom. The molecule has 0 unspecified atom stereocenters. The van der Waals surface area contributed by atoms with Gasteiger partial charge in [0, 0.05) is 0 Å². The lowest BCUT2D eigenvalue weighted by atomic mass is 10.4. The zero-order chi connectivity index (χ0) is 9.90. The summed E-state index contributed by atoms with van der Waals surface area (Å²) < 4.78 is 19.7. The molecule has 1 atom stereocenters. The van der Waals surface area contributed by atoms with Crippen molar-refractivity contribution in [1.82, 2.24) is 0 Å². The summed E-state index contributed by atoms with van der Waals surface area (Å²) in [5.41, 5.74) is 0. The van der Waals surface area contributed by atoms with Crippen LogP contribution in [-0.4, -0.2) is 38.4 Å². The van der Waals surface area contributed by atoms with Crippen LogP contribution in [0.1, 0.15) is 13.8 Å². The molecular weight excluding hydrogens is 176 g/mol. The Kier molecular flexibility index (Phi) is 3.11. The normalized spacial score (nSPS) is 25.6. The number of hydrogen-bond acceptors (Lipinski definition) is 5. The molecule has 0 aromatic rings. The first-order valence-corrected chi connectivity index (χ1v) is 4.06. The number of carbonyl (C=O) groups is 1. The van der Waals surface area contributed by atoms with Crippen LogP contribution in [0.3, 0.4) is 0 Å². The van der Waals surface area contributed by atoms with Crippen LogP contribution in [0.15, 0.2) is 0 Å². The van der Waals surface area contributed by atoms with Crippen LogP contribution in [-0.2, 0) is 18.9 Å². The van der Waals surface area contributed by atoms with Crippen molar-refractivity contribution >= 4 is 6.16 Å². The third-order valence-electron chi connectivity index (χ3n) is 1.62. The first kappa shape index (κ1) is 10.3. The molecule has 0 spiro atoms. The molecule has 1 aliphatic rings. The van der Waals surface area contributed by atoms with Gasteiger partial charge in [0.05, 0.1) is 13.7 Å². The maximum Gasteiger partial charge on any atom is 0.508 e. The molecule has 1 aliphatic heterocycles. The van der Waals surface area contributed by atoms with Gasteiger partial charge in [0.25, 0.3) is 0 Å². The Morgan fingerprint density at radius 3 is 2.77 bits per heavy atom. The van der Waals surface area contributed by atoms with Crippen molar-refractivity contribution in [3.05, 3.63) is 0 Å². The van der Waals surface area contributed by atoms with Crippen molar-refractivity contribution in [2.45, 2.75) is 25.7 Å². The molecule has 1 fully saturated rings. The van der Waals surface area contributed by atoms with E-state index in [4.69, 9.17) is 14.2 Å². The van der Waals surface area contributed by atoms with Crippen molar-refractivity contribution in [2.24, 2.45) is 0 Å². The number of ether oxygens (including phenoxy) is 4. The Morgan fingerprint density at radius 1 is 1.62 bits per heavy atom. The van der Waals surface area contributed by atoms with Crippen LogP contribution < -0.4 is 0 Å². The minimum atomic E-state index is -0.701. The maximum absolute atomic E-state index is 10.6. The predicted molar refractivity (Wildman–Crippen MR) is 43.3 cm³/mol. The van der Waals surface area contributed by atoms with E-state index in [9.17, 15) is 4.79 Å². The van der Waals surface area contributed by atoms with E-state index in [-0.39, 0.29) is 12.7 Å². The highest BCUT2D eigenvalue weighted by Gasteiger charge is 2.33. The van der Waals surface area contributed by atoms with Crippen molar-refractivity contribution < 1.29 is 23.7 Å². The monoisotopic (exact) mass is 190 g/mol. The largest absolute Gasteiger partial charge is 0.508 e. The molecule has 0 bridgehead atoms. The van der Waals surface area contributed by atoms with Crippen LogP contribution in [0, 0.1) is 0 Å². The average molecular weight is 190 g/mol. The molecule has 0 radical (unpaired) electrons. The van der Waals surface area contributed by atoms with E-state index >= 15 is 0 Å². The Balaban J connectivity index is 2.21. The minimum absolute atomic E-state index is 0.163.